The van der Waals surface area contributed by atoms with E-state index in [1.807, 2.05) is 0 Å². The predicted octanol–water partition coefficient (Wildman–Crippen LogP) is -0.295. The van der Waals surface area contributed by atoms with E-state index in [1.54, 1.807) is 14.2 Å². The highest BCUT2D eigenvalue weighted by molar-refractivity contribution is 5.96. The van der Waals surface area contributed by atoms with Crippen LogP contribution in [0.4, 0.5) is 4.79 Å². The third kappa shape index (κ3) is 2.63. The second-order valence-corrected chi connectivity index (χ2v) is 4.39. The van der Waals surface area contributed by atoms with Crippen molar-refractivity contribution in [3.8, 4) is 0 Å². The zero-order valence-corrected chi connectivity index (χ0v) is 10.5. The van der Waals surface area contributed by atoms with Gasteiger partial charge in [0.15, 0.2) is 0 Å². The Morgan fingerprint density at radius 2 is 2.22 bits per heavy atom. The van der Waals surface area contributed by atoms with E-state index in [2.05, 4.69) is 5.32 Å². The molecular weight excluding hydrogens is 240 g/mol. The molecule has 3 amide bonds. The molecule has 0 aromatic carbocycles. The molecule has 0 saturated carbocycles. The Labute approximate surface area is 105 Å². The van der Waals surface area contributed by atoms with Crippen LogP contribution in [-0.2, 0) is 19.0 Å². The van der Waals surface area contributed by atoms with E-state index in [0.717, 1.165) is 0 Å². The average Bonchev–Trinajstić information content (AvgIpc) is 2.72. The molecule has 2 heterocycles. The first-order valence-corrected chi connectivity index (χ1v) is 5.93. The van der Waals surface area contributed by atoms with Gasteiger partial charge in [0, 0.05) is 33.6 Å². The molecule has 0 aromatic rings. The van der Waals surface area contributed by atoms with Crippen LogP contribution in [0.2, 0.25) is 0 Å². The molecule has 2 aliphatic rings. The summed E-state index contributed by atoms with van der Waals surface area (Å²) in [6.45, 7) is 0.800. The van der Waals surface area contributed by atoms with Gasteiger partial charge in [0.25, 0.3) is 0 Å². The van der Waals surface area contributed by atoms with Gasteiger partial charge in [0.1, 0.15) is 12.3 Å². The Kier molecular flexibility index (Phi) is 4.15. The molecule has 0 aliphatic carbocycles. The molecule has 0 spiro atoms. The topological polar surface area (TPSA) is 77.1 Å². The average molecular weight is 258 g/mol. The lowest BCUT2D eigenvalue weighted by atomic mass is 10.1. The van der Waals surface area contributed by atoms with Crippen LogP contribution in [-0.4, -0.2) is 62.6 Å². The van der Waals surface area contributed by atoms with Crippen LogP contribution >= 0.6 is 0 Å². The van der Waals surface area contributed by atoms with Crippen LogP contribution in [0.25, 0.3) is 0 Å². The lowest BCUT2D eigenvalue weighted by Crippen LogP contribution is -2.53. The molecule has 7 heteroatoms. The molecule has 2 aliphatic heterocycles. The maximum Gasteiger partial charge on any atom is 0.326 e. The molecule has 102 valence electrons. The number of rotatable bonds is 4. The summed E-state index contributed by atoms with van der Waals surface area (Å²) in [6, 6.07) is -0.399. The van der Waals surface area contributed by atoms with E-state index < -0.39 is 6.03 Å². The van der Waals surface area contributed by atoms with Crippen molar-refractivity contribution in [3.05, 3.63) is 0 Å². The van der Waals surface area contributed by atoms with Crippen molar-refractivity contribution in [2.45, 2.75) is 31.3 Å². The highest BCUT2D eigenvalue weighted by Gasteiger charge is 2.41. The number of nitrogens with zero attached hydrogens (tertiary/aromatic N) is 1. The maximum absolute atomic E-state index is 11.7. The van der Waals surface area contributed by atoms with E-state index in [4.69, 9.17) is 14.2 Å². The van der Waals surface area contributed by atoms with Crippen molar-refractivity contribution in [2.24, 2.45) is 0 Å². The number of hydrogen-bond donors (Lipinski definition) is 1. The minimum absolute atomic E-state index is 0.0969. The van der Waals surface area contributed by atoms with Crippen molar-refractivity contribution in [2.75, 3.05) is 27.4 Å². The number of imide groups is 1. The number of carbonyl (C=O) groups excluding carboxylic acids is 2. The maximum atomic E-state index is 11.7. The third-order valence-electron chi connectivity index (χ3n) is 3.25. The Hall–Kier alpha value is -1.18. The summed E-state index contributed by atoms with van der Waals surface area (Å²) in [4.78, 5) is 24.3. The summed E-state index contributed by atoms with van der Waals surface area (Å²) in [5.74, 6) is -0.244. The van der Waals surface area contributed by atoms with Crippen LogP contribution in [0.15, 0.2) is 0 Å². The molecule has 7 nitrogen and oxygen atoms in total. The second-order valence-electron chi connectivity index (χ2n) is 4.39. The molecule has 2 rings (SSSR count). The fourth-order valence-corrected chi connectivity index (χ4v) is 2.31. The van der Waals surface area contributed by atoms with Crippen LogP contribution in [0.1, 0.15) is 12.8 Å². The van der Waals surface area contributed by atoms with Gasteiger partial charge in [0.2, 0.25) is 5.91 Å². The van der Waals surface area contributed by atoms with Gasteiger partial charge in [-0.3, -0.25) is 15.0 Å². The van der Waals surface area contributed by atoms with Gasteiger partial charge in [-0.25, -0.2) is 4.79 Å². The van der Waals surface area contributed by atoms with E-state index in [1.165, 1.54) is 4.90 Å². The number of nitrogens with one attached hydrogen (secondary N) is 1. The first-order valence-electron chi connectivity index (χ1n) is 5.93. The summed E-state index contributed by atoms with van der Waals surface area (Å²) >= 11 is 0. The van der Waals surface area contributed by atoms with Crippen molar-refractivity contribution < 1.29 is 23.8 Å². The second kappa shape index (κ2) is 5.64. The predicted molar refractivity (Wildman–Crippen MR) is 60.8 cm³/mol. The Bertz CT molecular complexity index is 335. The number of carbonyl (C=O) groups is 2. The van der Waals surface area contributed by atoms with Crippen LogP contribution in [0, 0.1) is 0 Å². The molecule has 2 saturated heterocycles. The molecule has 3 atom stereocenters. The zero-order chi connectivity index (χ0) is 13.1. The van der Waals surface area contributed by atoms with E-state index in [0.29, 0.717) is 26.0 Å². The summed E-state index contributed by atoms with van der Waals surface area (Å²) in [7, 11) is 3.20. The minimum Gasteiger partial charge on any atom is -0.382 e. The molecule has 0 bridgehead atoms. The van der Waals surface area contributed by atoms with Crippen molar-refractivity contribution >= 4 is 11.9 Å². The lowest BCUT2D eigenvalue weighted by molar-refractivity contribution is -0.124. The van der Waals surface area contributed by atoms with Crippen LogP contribution in [0.5, 0.6) is 0 Å². The molecule has 3 unspecified atom stereocenters. The third-order valence-corrected chi connectivity index (χ3v) is 3.25. The van der Waals surface area contributed by atoms with Crippen LogP contribution < -0.4 is 5.32 Å². The van der Waals surface area contributed by atoms with Gasteiger partial charge in [-0.2, -0.15) is 0 Å². The molecule has 0 radical (unpaired) electrons. The van der Waals surface area contributed by atoms with Gasteiger partial charge in [-0.1, -0.05) is 0 Å². The molecule has 1 N–H and O–H groups in total. The van der Waals surface area contributed by atoms with Crippen molar-refractivity contribution in [3.63, 3.8) is 0 Å². The molecule has 18 heavy (non-hydrogen) atoms. The SMILES string of the molecule is COCC1OC(N2CCC(=O)NC2=O)CC1OC. The molecule has 2 fully saturated rings. The molecule has 0 aromatic heterocycles. The van der Waals surface area contributed by atoms with Gasteiger partial charge < -0.3 is 14.2 Å². The largest absolute Gasteiger partial charge is 0.382 e. The fourth-order valence-electron chi connectivity index (χ4n) is 2.31. The fraction of sp³-hybridized carbons (Fsp3) is 0.818. The summed E-state index contributed by atoms with van der Waals surface area (Å²) in [5.41, 5.74) is 0. The Balaban J connectivity index is 1.98. The van der Waals surface area contributed by atoms with Gasteiger partial charge in [-0.05, 0) is 0 Å². The van der Waals surface area contributed by atoms with Crippen molar-refractivity contribution in [1.29, 1.82) is 0 Å². The standard InChI is InChI=1S/C11H18N2O5/c1-16-6-8-7(17-2)5-10(18-8)13-4-3-9(14)12-11(13)15/h7-8,10H,3-6H2,1-2H3,(H,12,14,15). The number of amides is 3. The first kappa shape index (κ1) is 13.3. The minimum atomic E-state index is -0.399. The number of hydrogen-bond acceptors (Lipinski definition) is 5. The highest BCUT2D eigenvalue weighted by Crippen LogP contribution is 2.26. The summed E-state index contributed by atoms with van der Waals surface area (Å²) in [5, 5.41) is 2.28. The number of methoxy groups -OCH3 is 2. The number of ether oxygens (including phenoxy) is 3. The Morgan fingerprint density at radius 3 is 2.83 bits per heavy atom. The van der Waals surface area contributed by atoms with Gasteiger partial charge >= 0.3 is 6.03 Å². The van der Waals surface area contributed by atoms with Crippen molar-refractivity contribution in [1.82, 2.24) is 10.2 Å². The summed E-state index contributed by atoms with van der Waals surface area (Å²) < 4.78 is 16.1. The lowest BCUT2D eigenvalue weighted by Gasteiger charge is -2.31. The summed E-state index contributed by atoms with van der Waals surface area (Å²) in [6.07, 6.45) is 0.253. The molecular formula is C11H18N2O5. The number of urea groups is 1. The van der Waals surface area contributed by atoms with Crippen LogP contribution in [0.3, 0.4) is 0 Å². The van der Waals surface area contributed by atoms with E-state index in [-0.39, 0.29) is 24.3 Å². The monoisotopic (exact) mass is 258 g/mol. The zero-order valence-electron chi connectivity index (χ0n) is 10.5. The van der Waals surface area contributed by atoms with Gasteiger partial charge in [-0.15, -0.1) is 0 Å². The van der Waals surface area contributed by atoms with E-state index >= 15 is 0 Å². The van der Waals surface area contributed by atoms with E-state index in [9.17, 15) is 9.59 Å². The van der Waals surface area contributed by atoms with Gasteiger partial charge in [0.05, 0.1) is 12.7 Å². The smallest absolute Gasteiger partial charge is 0.326 e. The normalized spacial score (nSPS) is 32.8. The Morgan fingerprint density at radius 1 is 1.44 bits per heavy atom. The quantitative estimate of drug-likeness (QED) is 0.749. The highest BCUT2D eigenvalue weighted by atomic mass is 16.6. The first-order chi connectivity index (χ1) is 8.65.